The van der Waals surface area contributed by atoms with Gasteiger partial charge in [0.25, 0.3) is 5.91 Å². The average Bonchev–Trinajstić information content (AvgIpc) is 3.23. The molecular weight excluding hydrogens is 427 g/mol. The zero-order valence-electron chi connectivity index (χ0n) is 18.6. The summed E-state index contributed by atoms with van der Waals surface area (Å²) in [7, 11) is 0. The molecule has 1 amide bonds. The van der Waals surface area contributed by atoms with Crippen molar-refractivity contribution in [1.29, 1.82) is 0 Å². The maximum atomic E-state index is 13.5. The molecule has 4 aromatic carbocycles. The summed E-state index contributed by atoms with van der Waals surface area (Å²) in [6.45, 7) is 2.09. The highest BCUT2D eigenvalue weighted by molar-refractivity contribution is 6.12. The maximum absolute atomic E-state index is 13.5. The van der Waals surface area contributed by atoms with Gasteiger partial charge in [0.05, 0.1) is 5.56 Å². The number of primary amides is 1. The molecule has 0 fully saturated rings. The summed E-state index contributed by atoms with van der Waals surface area (Å²) < 4.78 is 19.6. The molecule has 1 atom stereocenters. The van der Waals surface area contributed by atoms with Gasteiger partial charge < -0.3 is 15.5 Å². The van der Waals surface area contributed by atoms with Gasteiger partial charge in [0.15, 0.2) is 0 Å². The lowest BCUT2D eigenvalue weighted by Gasteiger charge is -2.19. The number of carbonyl (C=O) groups excluding carboxylic acids is 1. The van der Waals surface area contributed by atoms with Crippen LogP contribution in [0.2, 0.25) is 0 Å². The van der Waals surface area contributed by atoms with Crippen LogP contribution in [-0.4, -0.2) is 5.91 Å². The third-order valence-corrected chi connectivity index (χ3v) is 5.94. The van der Waals surface area contributed by atoms with Crippen LogP contribution in [0.1, 0.15) is 28.9 Å². The number of rotatable bonds is 6. The zero-order valence-corrected chi connectivity index (χ0v) is 18.6. The van der Waals surface area contributed by atoms with E-state index in [0.717, 1.165) is 22.4 Å². The largest absolute Gasteiger partial charge is 0.455 e. The van der Waals surface area contributed by atoms with E-state index in [9.17, 15) is 9.18 Å². The third kappa shape index (κ3) is 4.04. The van der Waals surface area contributed by atoms with Crippen LogP contribution < -0.4 is 11.1 Å². The van der Waals surface area contributed by atoms with Gasteiger partial charge >= 0.3 is 0 Å². The van der Waals surface area contributed by atoms with Gasteiger partial charge in [0, 0.05) is 34.3 Å². The molecule has 0 saturated heterocycles. The lowest BCUT2D eigenvalue weighted by molar-refractivity contribution is 0.100. The van der Waals surface area contributed by atoms with Crippen molar-refractivity contribution < 1.29 is 13.6 Å². The lowest BCUT2D eigenvalue weighted by atomic mass is 9.98. The predicted molar refractivity (Wildman–Crippen MR) is 134 cm³/mol. The Kier molecular flexibility index (Phi) is 5.60. The zero-order chi connectivity index (χ0) is 23.7. The predicted octanol–water partition coefficient (Wildman–Crippen LogP) is 7.18. The fourth-order valence-electron chi connectivity index (χ4n) is 4.23. The molecule has 168 valence electrons. The molecule has 34 heavy (non-hydrogen) atoms. The van der Waals surface area contributed by atoms with Crippen LogP contribution in [0.4, 0.5) is 10.1 Å². The van der Waals surface area contributed by atoms with Crippen LogP contribution in [-0.2, 0) is 0 Å². The Labute approximate surface area is 196 Å². The van der Waals surface area contributed by atoms with Crippen LogP contribution in [0.25, 0.3) is 33.4 Å². The number of benzene rings is 4. The normalized spacial score (nSPS) is 11.9. The second-order valence-electron chi connectivity index (χ2n) is 8.21. The van der Waals surface area contributed by atoms with Crippen molar-refractivity contribution >= 4 is 22.6 Å². The molecule has 0 spiro atoms. The quantitative estimate of drug-likeness (QED) is 0.288. The first-order valence-electron chi connectivity index (χ1n) is 11.0. The van der Waals surface area contributed by atoms with Gasteiger partial charge in [-0.3, -0.25) is 4.79 Å². The van der Waals surface area contributed by atoms with Crippen molar-refractivity contribution in [1.82, 2.24) is 0 Å². The lowest BCUT2D eigenvalue weighted by Crippen LogP contribution is -2.11. The molecule has 4 nitrogen and oxygen atoms in total. The minimum atomic E-state index is -0.601. The van der Waals surface area contributed by atoms with E-state index in [4.69, 9.17) is 10.2 Å². The highest BCUT2D eigenvalue weighted by Crippen LogP contribution is 2.40. The van der Waals surface area contributed by atoms with Crippen molar-refractivity contribution in [2.75, 3.05) is 5.32 Å². The Morgan fingerprint density at radius 1 is 0.882 bits per heavy atom. The van der Waals surface area contributed by atoms with E-state index in [1.807, 2.05) is 60.7 Å². The summed E-state index contributed by atoms with van der Waals surface area (Å²) in [5, 5.41) is 4.21. The molecule has 0 aliphatic rings. The number of carbonyl (C=O) groups is 1. The molecule has 0 bridgehead atoms. The molecule has 5 rings (SSSR count). The van der Waals surface area contributed by atoms with Crippen molar-refractivity contribution in [3.8, 4) is 22.5 Å². The summed E-state index contributed by atoms with van der Waals surface area (Å²) in [6.07, 6.45) is 0. The molecule has 0 saturated carbocycles. The number of hydrogen-bond acceptors (Lipinski definition) is 3. The second-order valence-corrected chi connectivity index (χ2v) is 8.21. The van der Waals surface area contributed by atoms with Gasteiger partial charge in [-0.1, -0.05) is 60.7 Å². The molecule has 0 aliphatic carbocycles. The van der Waals surface area contributed by atoms with Crippen molar-refractivity contribution in [2.45, 2.75) is 13.0 Å². The maximum Gasteiger partial charge on any atom is 0.253 e. The van der Waals surface area contributed by atoms with Crippen LogP contribution >= 0.6 is 0 Å². The first-order valence-corrected chi connectivity index (χ1v) is 11.0. The van der Waals surface area contributed by atoms with E-state index in [1.165, 1.54) is 12.1 Å². The average molecular weight is 451 g/mol. The molecule has 5 aromatic rings. The summed E-state index contributed by atoms with van der Waals surface area (Å²) in [5.41, 5.74) is 11.1. The first kappa shape index (κ1) is 21.5. The first-order chi connectivity index (χ1) is 16.5. The number of halogens is 1. The molecular formula is C29H23FN2O2. The van der Waals surface area contributed by atoms with E-state index < -0.39 is 5.91 Å². The van der Waals surface area contributed by atoms with E-state index in [-0.39, 0.29) is 17.4 Å². The monoisotopic (exact) mass is 450 g/mol. The van der Waals surface area contributed by atoms with Crippen LogP contribution in [0.3, 0.4) is 0 Å². The van der Waals surface area contributed by atoms with Crippen LogP contribution in [0, 0.1) is 5.82 Å². The number of nitrogens with one attached hydrogen (secondary N) is 1. The summed E-state index contributed by atoms with van der Waals surface area (Å²) in [5.74, 6) is -0.640. The van der Waals surface area contributed by atoms with Gasteiger partial charge in [-0.15, -0.1) is 0 Å². The summed E-state index contributed by atoms with van der Waals surface area (Å²) in [6, 6.07) is 29.8. The van der Waals surface area contributed by atoms with Gasteiger partial charge in [0.1, 0.15) is 17.2 Å². The number of fused-ring (bicyclic) bond motifs is 1. The van der Waals surface area contributed by atoms with Crippen LogP contribution in [0.5, 0.6) is 0 Å². The Morgan fingerprint density at radius 2 is 1.53 bits per heavy atom. The Hall–Kier alpha value is -4.38. The molecule has 5 heteroatoms. The van der Waals surface area contributed by atoms with Gasteiger partial charge in [-0.2, -0.15) is 0 Å². The molecule has 0 aliphatic heterocycles. The van der Waals surface area contributed by atoms with Gasteiger partial charge in [-0.25, -0.2) is 4.39 Å². The third-order valence-electron chi connectivity index (χ3n) is 5.94. The molecule has 1 unspecified atom stereocenters. The number of furan rings is 1. The fraction of sp³-hybridized carbons (Fsp3) is 0.0690. The molecule has 1 aromatic heterocycles. The van der Waals surface area contributed by atoms with Crippen LogP contribution in [0.15, 0.2) is 101 Å². The second kappa shape index (κ2) is 8.87. The number of hydrogen-bond donors (Lipinski definition) is 2. The molecule has 3 N–H and O–H groups in total. The van der Waals surface area contributed by atoms with E-state index in [0.29, 0.717) is 22.3 Å². The van der Waals surface area contributed by atoms with E-state index >= 15 is 0 Å². The highest BCUT2D eigenvalue weighted by atomic mass is 19.1. The number of nitrogens with two attached hydrogens (primary N) is 1. The summed E-state index contributed by atoms with van der Waals surface area (Å²) >= 11 is 0. The standard InChI is InChI=1S/C29H23FN2O2/c1-18(19-8-4-2-5-9-19)32-25-17-26-24(16-23(25)20-10-6-3-7-11-20)27(29(31)33)28(34-26)21-12-14-22(30)15-13-21/h2-18,32H,1H3,(H2,31,33). The number of amides is 1. The van der Waals surface area contributed by atoms with Gasteiger partial charge in [0.2, 0.25) is 0 Å². The minimum Gasteiger partial charge on any atom is -0.455 e. The molecule has 1 heterocycles. The summed E-state index contributed by atoms with van der Waals surface area (Å²) in [4.78, 5) is 12.5. The Balaban J connectivity index is 1.71. The minimum absolute atomic E-state index is 0.0308. The van der Waals surface area contributed by atoms with Crippen molar-refractivity contribution in [3.63, 3.8) is 0 Å². The SMILES string of the molecule is CC(Nc1cc2oc(-c3ccc(F)cc3)c(C(N)=O)c2cc1-c1ccccc1)c1ccccc1. The topological polar surface area (TPSA) is 68.3 Å². The Morgan fingerprint density at radius 3 is 2.18 bits per heavy atom. The molecule has 0 radical (unpaired) electrons. The fourth-order valence-corrected chi connectivity index (χ4v) is 4.23. The van der Waals surface area contributed by atoms with E-state index in [1.54, 1.807) is 12.1 Å². The Bertz CT molecular complexity index is 1460. The van der Waals surface area contributed by atoms with Crippen molar-refractivity contribution in [2.24, 2.45) is 5.73 Å². The smallest absolute Gasteiger partial charge is 0.253 e. The van der Waals surface area contributed by atoms with Gasteiger partial charge in [-0.05, 0) is 48.4 Å². The van der Waals surface area contributed by atoms with Crippen molar-refractivity contribution in [3.05, 3.63) is 114 Å². The number of anilines is 1. The van der Waals surface area contributed by atoms with E-state index in [2.05, 4.69) is 24.4 Å². The highest BCUT2D eigenvalue weighted by Gasteiger charge is 2.23.